The summed E-state index contributed by atoms with van der Waals surface area (Å²) in [5.74, 6) is -0.333. The van der Waals surface area contributed by atoms with Crippen LogP contribution in [0.25, 0.3) is 5.65 Å². The standard InChI is InChI=1S/C15H10BrN3/c16-12-6-7-15-18-14(10-19(15)9-12)13(8-17)11-4-2-1-3-5-11/h1-7,9-10,13H/t13-/m0/s1. The highest BCUT2D eigenvalue weighted by Crippen LogP contribution is 2.24. The lowest BCUT2D eigenvalue weighted by Crippen LogP contribution is -1.97. The average Bonchev–Trinajstić information content (AvgIpc) is 2.83. The quantitative estimate of drug-likeness (QED) is 0.723. The van der Waals surface area contributed by atoms with Gasteiger partial charge in [0.05, 0.1) is 11.8 Å². The molecule has 0 spiro atoms. The molecule has 4 heteroatoms. The number of aromatic nitrogens is 2. The molecule has 0 amide bonds. The van der Waals surface area contributed by atoms with E-state index in [1.807, 2.05) is 59.3 Å². The van der Waals surface area contributed by atoms with Gasteiger partial charge in [-0.1, -0.05) is 30.3 Å². The van der Waals surface area contributed by atoms with Crippen molar-refractivity contribution in [1.29, 1.82) is 5.26 Å². The molecular weight excluding hydrogens is 302 g/mol. The molecule has 19 heavy (non-hydrogen) atoms. The van der Waals surface area contributed by atoms with Gasteiger partial charge >= 0.3 is 0 Å². The zero-order valence-electron chi connectivity index (χ0n) is 9.99. The van der Waals surface area contributed by atoms with Gasteiger partial charge in [-0.05, 0) is 33.6 Å². The molecule has 0 fully saturated rings. The number of hydrogen-bond acceptors (Lipinski definition) is 2. The first kappa shape index (κ1) is 11.9. The van der Waals surface area contributed by atoms with E-state index in [-0.39, 0.29) is 5.92 Å². The van der Waals surface area contributed by atoms with E-state index in [2.05, 4.69) is 27.0 Å². The van der Waals surface area contributed by atoms with Gasteiger partial charge in [0.25, 0.3) is 0 Å². The van der Waals surface area contributed by atoms with Crippen LogP contribution in [0, 0.1) is 11.3 Å². The van der Waals surface area contributed by atoms with Crippen molar-refractivity contribution in [2.24, 2.45) is 0 Å². The van der Waals surface area contributed by atoms with Crippen molar-refractivity contribution < 1.29 is 0 Å². The number of hydrogen-bond donors (Lipinski definition) is 0. The van der Waals surface area contributed by atoms with Gasteiger partial charge in [0, 0.05) is 16.9 Å². The topological polar surface area (TPSA) is 41.1 Å². The summed E-state index contributed by atoms with van der Waals surface area (Å²) in [5.41, 5.74) is 2.58. The number of rotatable bonds is 2. The maximum absolute atomic E-state index is 9.40. The summed E-state index contributed by atoms with van der Waals surface area (Å²) in [6.07, 6.45) is 3.84. The lowest BCUT2D eigenvalue weighted by molar-refractivity contribution is 0.987. The third kappa shape index (κ3) is 2.25. The van der Waals surface area contributed by atoms with Crippen LogP contribution in [0.1, 0.15) is 17.2 Å². The Kier molecular flexibility index (Phi) is 3.06. The minimum atomic E-state index is -0.333. The van der Waals surface area contributed by atoms with Crippen molar-refractivity contribution in [1.82, 2.24) is 9.38 Å². The molecule has 3 aromatic rings. The molecule has 0 aliphatic carbocycles. The molecule has 1 aromatic carbocycles. The molecule has 2 aromatic heterocycles. The molecule has 0 N–H and O–H groups in total. The molecule has 3 rings (SSSR count). The molecular formula is C15H10BrN3. The van der Waals surface area contributed by atoms with Crippen LogP contribution in [-0.2, 0) is 0 Å². The van der Waals surface area contributed by atoms with Crippen molar-refractivity contribution in [3.05, 3.63) is 70.6 Å². The second kappa shape index (κ2) is 4.87. The van der Waals surface area contributed by atoms with E-state index in [0.717, 1.165) is 21.4 Å². The number of pyridine rings is 1. The maximum atomic E-state index is 9.40. The fraction of sp³-hybridized carbons (Fsp3) is 0.0667. The molecule has 0 radical (unpaired) electrons. The summed E-state index contributed by atoms with van der Waals surface area (Å²) >= 11 is 3.43. The minimum absolute atomic E-state index is 0.333. The van der Waals surface area contributed by atoms with E-state index in [9.17, 15) is 5.26 Å². The number of halogens is 1. The van der Waals surface area contributed by atoms with Gasteiger partial charge in [0.2, 0.25) is 0 Å². The highest BCUT2D eigenvalue weighted by Gasteiger charge is 2.16. The Balaban J connectivity index is 2.10. The van der Waals surface area contributed by atoms with E-state index in [1.54, 1.807) is 0 Å². The first-order valence-electron chi connectivity index (χ1n) is 5.86. The van der Waals surface area contributed by atoms with Crippen LogP contribution in [0.3, 0.4) is 0 Å². The van der Waals surface area contributed by atoms with Crippen LogP contribution in [0.4, 0.5) is 0 Å². The zero-order valence-corrected chi connectivity index (χ0v) is 11.6. The van der Waals surface area contributed by atoms with Crippen LogP contribution in [-0.4, -0.2) is 9.38 Å². The largest absolute Gasteiger partial charge is 0.306 e. The predicted octanol–water partition coefficient (Wildman–Crippen LogP) is 3.75. The molecule has 0 aliphatic heterocycles. The lowest BCUT2D eigenvalue weighted by Gasteiger charge is -2.05. The summed E-state index contributed by atoms with van der Waals surface area (Å²) in [7, 11) is 0. The summed E-state index contributed by atoms with van der Waals surface area (Å²) in [4.78, 5) is 4.52. The van der Waals surface area contributed by atoms with Gasteiger partial charge in [0.15, 0.2) is 0 Å². The Bertz CT molecular complexity index is 756. The SMILES string of the molecule is N#C[C@@H](c1ccccc1)c1cn2cc(Br)ccc2n1. The molecule has 0 saturated heterocycles. The van der Waals surface area contributed by atoms with Crippen molar-refractivity contribution >= 4 is 21.6 Å². The van der Waals surface area contributed by atoms with Crippen molar-refractivity contribution in [2.75, 3.05) is 0 Å². The van der Waals surface area contributed by atoms with Gasteiger partial charge in [-0.25, -0.2) is 4.98 Å². The van der Waals surface area contributed by atoms with E-state index < -0.39 is 0 Å². The molecule has 0 unspecified atom stereocenters. The molecule has 92 valence electrons. The Morgan fingerprint density at radius 1 is 1.11 bits per heavy atom. The first-order chi connectivity index (χ1) is 9.28. The van der Waals surface area contributed by atoms with Gasteiger partial charge in [0.1, 0.15) is 11.6 Å². The third-order valence-electron chi connectivity index (χ3n) is 2.99. The second-order valence-electron chi connectivity index (χ2n) is 4.25. The normalized spacial score (nSPS) is 12.2. The van der Waals surface area contributed by atoms with Gasteiger partial charge in [-0.3, -0.25) is 0 Å². The van der Waals surface area contributed by atoms with Gasteiger partial charge < -0.3 is 4.40 Å². The second-order valence-corrected chi connectivity index (χ2v) is 5.17. The van der Waals surface area contributed by atoms with Gasteiger partial charge in [-0.2, -0.15) is 5.26 Å². The van der Waals surface area contributed by atoms with E-state index in [1.165, 1.54) is 0 Å². The Labute approximate surface area is 119 Å². The maximum Gasteiger partial charge on any atom is 0.137 e. The molecule has 2 heterocycles. The Morgan fingerprint density at radius 3 is 2.63 bits per heavy atom. The average molecular weight is 312 g/mol. The highest BCUT2D eigenvalue weighted by atomic mass is 79.9. The zero-order chi connectivity index (χ0) is 13.2. The van der Waals surface area contributed by atoms with Crippen LogP contribution in [0.5, 0.6) is 0 Å². The van der Waals surface area contributed by atoms with E-state index in [0.29, 0.717) is 0 Å². The summed E-state index contributed by atoms with van der Waals surface area (Å²) < 4.78 is 2.91. The van der Waals surface area contributed by atoms with Crippen LogP contribution < -0.4 is 0 Å². The van der Waals surface area contributed by atoms with Crippen LogP contribution in [0.15, 0.2) is 59.3 Å². The minimum Gasteiger partial charge on any atom is -0.306 e. The van der Waals surface area contributed by atoms with Crippen molar-refractivity contribution in [2.45, 2.75) is 5.92 Å². The molecule has 0 saturated carbocycles. The monoisotopic (exact) mass is 311 g/mol. The number of nitriles is 1. The third-order valence-corrected chi connectivity index (χ3v) is 3.46. The van der Waals surface area contributed by atoms with Crippen molar-refractivity contribution in [3.8, 4) is 6.07 Å². The fourth-order valence-electron chi connectivity index (χ4n) is 2.08. The summed E-state index contributed by atoms with van der Waals surface area (Å²) in [5, 5.41) is 9.40. The van der Waals surface area contributed by atoms with Gasteiger partial charge in [-0.15, -0.1) is 0 Å². The number of fused-ring (bicyclic) bond motifs is 1. The van der Waals surface area contributed by atoms with E-state index >= 15 is 0 Å². The lowest BCUT2D eigenvalue weighted by atomic mass is 9.98. The van der Waals surface area contributed by atoms with Crippen LogP contribution >= 0.6 is 15.9 Å². The summed E-state index contributed by atoms with van der Waals surface area (Å²) in [6.45, 7) is 0. The Hall–Kier alpha value is -2.12. The highest BCUT2D eigenvalue weighted by molar-refractivity contribution is 9.10. The Morgan fingerprint density at radius 2 is 1.89 bits per heavy atom. The van der Waals surface area contributed by atoms with E-state index in [4.69, 9.17) is 0 Å². The molecule has 0 aliphatic rings. The van der Waals surface area contributed by atoms with Crippen molar-refractivity contribution in [3.63, 3.8) is 0 Å². The number of benzene rings is 1. The van der Waals surface area contributed by atoms with Crippen LogP contribution in [0.2, 0.25) is 0 Å². The molecule has 1 atom stereocenters. The smallest absolute Gasteiger partial charge is 0.137 e. The number of imidazole rings is 1. The molecule has 0 bridgehead atoms. The predicted molar refractivity (Wildman–Crippen MR) is 76.8 cm³/mol. The fourth-order valence-corrected chi connectivity index (χ4v) is 2.43. The first-order valence-corrected chi connectivity index (χ1v) is 6.66. The number of nitrogens with zero attached hydrogens (tertiary/aromatic N) is 3. The summed E-state index contributed by atoms with van der Waals surface area (Å²) in [6, 6.07) is 15.9. The molecule has 3 nitrogen and oxygen atoms in total.